The van der Waals surface area contributed by atoms with Crippen LogP contribution in [0, 0.1) is 0 Å². The van der Waals surface area contributed by atoms with Crippen molar-refractivity contribution in [3.8, 4) is 0 Å². The molecular formula is C21H21ClN2O3. The van der Waals surface area contributed by atoms with E-state index in [0.717, 1.165) is 10.5 Å². The quantitative estimate of drug-likeness (QED) is 0.717. The first-order valence-corrected chi connectivity index (χ1v) is 9.34. The fraction of sp³-hybridized carbons (Fsp3) is 0.286. The van der Waals surface area contributed by atoms with Crippen molar-refractivity contribution in [2.24, 2.45) is 0 Å². The first-order valence-electron chi connectivity index (χ1n) is 8.97. The number of hydrogen-bond acceptors (Lipinski definition) is 3. The first kappa shape index (κ1) is 19.1. The molecule has 1 heterocycles. The Kier molecular flexibility index (Phi) is 5.91. The second-order valence-corrected chi connectivity index (χ2v) is 6.88. The number of carbonyl (C=O) groups excluding carboxylic acids is 3. The Labute approximate surface area is 163 Å². The summed E-state index contributed by atoms with van der Waals surface area (Å²) in [5.74, 6) is -0.798. The van der Waals surface area contributed by atoms with E-state index in [9.17, 15) is 14.4 Å². The van der Waals surface area contributed by atoms with Crippen molar-refractivity contribution in [1.82, 2.24) is 4.90 Å². The SMILES string of the molecule is CCC(=O)N(CCc1ccccc1)[C@@H]1CC(=O)N(c2ccc(Cl)cc2)C1=O. The van der Waals surface area contributed by atoms with Gasteiger partial charge in [-0.3, -0.25) is 14.4 Å². The molecule has 0 aromatic heterocycles. The van der Waals surface area contributed by atoms with Crippen LogP contribution in [0.3, 0.4) is 0 Å². The summed E-state index contributed by atoms with van der Waals surface area (Å²) in [6.07, 6.45) is 0.918. The van der Waals surface area contributed by atoms with Gasteiger partial charge in [-0.25, -0.2) is 4.90 Å². The Morgan fingerprint density at radius 1 is 1.11 bits per heavy atom. The van der Waals surface area contributed by atoms with E-state index < -0.39 is 6.04 Å². The molecule has 3 rings (SSSR count). The van der Waals surface area contributed by atoms with Gasteiger partial charge in [-0.1, -0.05) is 48.9 Å². The smallest absolute Gasteiger partial charge is 0.257 e. The maximum absolute atomic E-state index is 13.0. The van der Waals surface area contributed by atoms with Gasteiger partial charge in [0.25, 0.3) is 5.91 Å². The fourth-order valence-corrected chi connectivity index (χ4v) is 3.40. The van der Waals surface area contributed by atoms with Crippen molar-refractivity contribution in [1.29, 1.82) is 0 Å². The number of anilines is 1. The fourth-order valence-electron chi connectivity index (χ4n) is 3.27. The molecule has 0 unspecified atom stereocenters. The molecule has 140 valence electrons. The lowest BCUT2D eigenvalue weighted by molar-refractivity contribution is -0.138. The number of hydrogen-bond donors (Lipinski definition) is 0. The predicted octanol–water partition coefficient (Wildman–Crippen LogP) is 3.45. The van der Waals surface area contributed by atoms with Gasteiger partial charge >= 0.3 is 0 Å². The van der Waals surface area contributed by atoms with Crippen LogP contribution < -0.4 is 4.90 Å². The highest BCUT2D eigenvalue weighted by Gasteiger charge is 2.43. The molecule has 0 N–H and O–H groups in total. The number of rotatable bonds is 6. The summed E-state index contributed by atoms with van der Waals surface area (Å²) in [4.78, 5) is 40.6. The predicted molar refractivity (Wildman–Crippen MR) is 105 cm³/mol. The highest BCUT2D eigenvalue weighted by atomic mass is 35.5. The highest BCUT2D eigenvalue weighted by molar-refractivity contribution is 6.30. The monoisotopic (exact) mass is 384 g/mol. The van der Waals surface area contributed by atoms with E-state index in [4.69, 9.17) is 11.6 Å². The molecule has 0 aliphatic carbocycles. The van der Waals surface area contributed by atoms with Crippen LogP contribution in [-0.4, -0.2) is 35.2 Å². The molecule has 0 radical (unpaired) electrons. The van der Waals surface area contributed by atoms with Crippen LogP contribution in [0.5, 0.6) is 0 Å². The molecule has 1 aliphatic rings. The van der Waals surface area contributed by atoms with E-state index >= 15 is 0 Å². The third kappa shape index (κ3) is 4.19. The summed E-state index contributed by atoms with van der Waals surface area (Å²) in [7, 11) is 0. The molecule has 6 heteroatoms. The van der Waals surface area contributed by atoms with Gasteiger partial charge in [-0.05, 0) is 36.2 Å². The third-order valence-electron chi connectivity index (χ3n) is 4.69. The minimum atomic E-state index is -0.760. The molecule has 0 spiro atoms. The average Bonchev–Trinajstić information content (AvgIpc) is 2.97. The Balaban J connectivity index is 1.80. The third-order valence-corrected chi connectivity index (χ3v) is 4.94. The van der Waals surface area contributed by atoms with Gasteiger partial charge in [-0.15, -0.1) is 0 Å². The molecule has 27 heavy (non-hydrogen) atoms. The molecule has 0 bridgehead atoms. The number of carbonyl (C=O) groups is 3. The largest absolute Gasteiger partial charge is 0.330 e. The second-order valence-electron chi connectivity index (χ2n) is 6.44. The van der Waals surface area contributed by atoms with Crippen LogP contribution in [0.2, 0.25) is 5.02 Å². The molecular weight excluding hydrogens is 364 g/mol. The molecule has 1 saturated heterocycles. The number of nitrogens with zero attached hydrogens (tertiary/aromatic N) is 2. The van der Waals surface area contributed by atoms with Crippen LogP contribution >= 0.6 is 11.6 Å². The van der Waals surface area contributed by atoms with E-state index in [-0.39, 0.29) is 30.6 Å². The van der Waals surface area contributed by atoms with Crippen molar-refractivity contribution >= 4 is 35.0 Å². The van der Waals surface area contributed by atoms with Gasteiger partial charge in [0.2, 0.25) is 11.8 Å². The lowest BCUT2D eigenvalue weighted by atomic mass is 10.1. The number of imide groups is 1. The maximum Gasteiger partial charge on any atom is 0.257 e. The molecule has 2 aromatic rings. The Bertz CT molecular complexity index is 836. The molecule has 2 aromatic carbocycles. The summed E-state index contributed by atoms with van der Waals surface area (Å²) in [5.41, 5.74) is 1.56. The summed E-state index contributed by atoms with van der Waals surface area (Å²) in [6, 6.07) is 15.6. The topological polar surface area (TPSA) is 57.7 Å². The molecule has 5 nitrogen and oxygen atoms in total. The summed E-state index contributed by atoms with van der Waals surface area (Å²) in [6.45, 7) is 2.16. The molecule has 1 atom stereocenters. The summed E-state index contributed by atoms with van der Waals surface area (Å²) < 4.78 is 0. The minimum Gasteiger partial charge on any atom is -0.330 e. The zero-order valence-electron chi connectivity index (χ0n) is 15.1. The average molecular weight is 385 g/mol. The van der Waals surface area contributed by atoms with Crippen LogP contribution in [0.25, 0.3) is 0 Å². The molecule has 1 fully saturated rings. The maximum atomic E-state index is 13.0. The Morgan fingerprint density at radius 3 is 2.41 bits per heavy atom. The zero-order chi connectivity index (χ0) is 19.4. The van der Waals surface area contributed by atoms with Gasteiger partial charge < -0.3 is 4.90 Å². The van der Waals surface area contributed by atoms with Crippen LogP contribution in [-0.2, 0) is 20.8 Å². The van der Waals surface area contributed by atoms with Crippen molar-refractivity contribution in [2.75, 3.05) is 11.4 Å². The van der Waals surface area contributed by atoms with Crippen molar-refractivity contribution in [3.05, 3.63) is 65.2 Å². The van der Waals surface area contributed by atoms with Gasteiger partial charge in [0.05, 0.1) is 12.1 Å². The molecule has 0 saturated carbocycles. The van der Waals surface area contributed by atoms with Crippen LogP contribution in [0.1, 0.15) is 25.3 Å². The van der Waals surface area contributed by atoms with Crippen LogP contribution in [0.15, 0.2) is 54.6 Å². The highest BCUT2D eigenvalue weighted by Crippen LogP contribution is 2.27. The lowest BCUT2D eigenvalue weighted by Gasteiger charge is -2.27. The standard InChI is InChI=1S/C21H21ClN2O3/c1-2-19(25)23(13-12-15-6-4-3-5-7-15)18-14-20(26)24(21(18)27)17-10-8-16(22)9-11-17/h3-11,18H,2,12-14H2,1H3/t18-/m1/s1. The lowest BCUT2D eigenvalue weighted by Crippen LogP contribution is -2.46. The van der Waals surface area contributed by atoms with Crippen molar-refractivity contribution < 1.29 is 14.4 Å². The number of halogens is 1. The van der Waals surface area contributed by atoms with Gasteiger partial charge in [0.15, 0.2) is 0 Å². The second kappa shape index (κ2) is 8.35. The minimum absolute atomic E-state index is 0.00197. The van der Waals surface area contributed by atoms with Crippen molar-refractivity contribution in [2.45, 2.75) is 32.2 Å². The van der Waals surface area contributed by atoms with E-state index in [1.807, 2.05) is 30.3 Å². The van der Waals surface area contributed by atoms with E-state index in [1.54, 1.807) is 36.1 Å². The van der Waals surface area contributed by atoms with Gasteiger partial charge in [0.1, 0.15) is 6.04 Å². The molecule has 3 amide bonds. The molecule has 1 aliphatic heterocycles. The normalized spacial score (nSPS) is 16.7. The Hall–Kier alpha value is -2.66. The van der Waals surface area contributed by atoms with Crippen molar-refractivity contribution in [3.63, 3.8) is 0 Å². The number of amides is 3. The Morgan fingerprint density at radius 2 is 1.78 bits per heavy atom. The number of benzene rings is 2. The van der Waals surface area contributed by atoms with Gasteiger partial charge in [0, 0.05) is 18.0 Å². The first-order chi connectivity index (χ1) is 13.0. The van der Waals surface area contributed by atoms with E-state index in [0.29, 0.717) is 23.7 Å². The van der Waals surface area contributed by atoms with Crippen LogP contribution in [0.4, 0.5) is 5.69 Å². The summed E-state index contributed by atoms with van der Waals surface area (Å²) in [5, 5.41) is 0.528. The zero-order valence-corrected chi connectivity index (χ0v) is 15.9. The summed E-state index contributed by atoms with van der Waals surface area (Å²) >= 11 is 5.89. The van der Waals surface area contributed by atoms with Gasteiger partial charge in [-0.2, -0.15) is 0 Å². The van der Waals surface area contributed by atoms with E-state index in [2.05, 4.69) is 0 Å². The van der Waals surface area contributed by atoms with E-state index in [1.165, 1.54) is 0 Å².